The fraction of sp³-hybridized carbons (Fsp3) is 0.750. The van der Waals surface area contributed by atoms with Crippen LogP contribution in [0.2, 0.25) is 0 Å². The van der Waals surface area contributed by atoms with E-state index < -0.39 is 0 Å². The Morgan fingerprint density at radius 1 is 1.50 bits per heavy atom. The summed E-state index contributed by atoms with van der Waals surface area (Å²) in [5.41, 5.74) is 2.42. The molecule has 0 spiro atoms. The van der Waals surface area contributed by atoms with Crippen molar-refractivity contribution in [2.24, 2.45) is 0 Å². The van der Waals surface area contributed by atoms with Crippen molar-refractivity contribution >= 4 is 11.8 Å². The average molecular weight is 241 g/mol. The summed E-state index contributed by atoms with van der Waals surface area (Å²) in [6.07, 6.45) is 5.65. The number of aryl methyl sites for hydroxylation is 1. The molecule has 0 aliphatic rings. The SMILES string of the molecule is CCCc1cc(CN(C)CCCSC)[nH]n1. The minimum absolute atomic E-state index is 0.977. The average Bonchev–Trinajstić information content (AvgIpc) is 2.66. The number of aromatic nitrogens is 2. The summed E-state index contributed by atoms with van der Waals surface area (Å²) in [6.45, 7) is 4.32. The normalized spacial score (nSPS) is 11.2. The van der Waals surface area contributed by atoms with Crippen LogP contribution in [-0.2, 0) is 13.0 Å². The van der Waals surface area contributed by atoms with E-state index in [0.29, 0.717) is 0 Å². The van der Waals surface area contributed by atoms with Crippen molar-refractivity contribution in [2.45, 2.75) is 32.7 Å². The molecular formula is C12H23N3S. The highest BCUT2D eigenvalue weighted by atomic mass is 32.2. The van der Waals surface area contributed by atoms with Gasteiger partial charge in [0.05, 0.1) is 5.69 Å². The van der Waals surface area contributed by atoms with Crippen molar-refractivity contribution in [3.05, 3.63) is 17.5 Å². The van der Waals surface area contributed by atoms with E-state index in [4.69, 9.17) is 0 Å². The number of thioether (sulfide) groups is 1. The molecule has 0 unspecified atom stereocenters. The van der Waals surface area contributed by atoms with Gasteiger partial charge in [-0.3, -0.25) is 5.10 Å². The van der Waals surface area contributed by atoms with E-state index in [1.165, 1.54) is 23.6 Å². The zero-order chi connectivity index (χ0) is 11.8. The first kappa shape index (κ1) is 13.6. The highest BCUT2D eigenvalue weighted by molar-refractivity contribution is 7.98. The number of aromatic amines is 1. The molecule has 0 aliphatic heterocycles. The van der Waals surface area contributed by atoms with Gasteiger partial charge in [-0.15, -0.1) is 0 Å². The largest absolute Gasteiger partial charge is 0.301 e. The van der Waals surface area contributed by atoms with Gasteiger partial charge in [-0.1, -0.05) is 13.3 Å². The lowest BCUT2D eigenvalue weighted by molar-refractivity contribution is 0.324. The lowest BCUT2D eigenvalue weighted by atomic mass is 10.2. The molecule has 0 fully saturated rings. The van der Waals surface area contributed by atoms with E-state index in [0.717, 1.165) is 25.9 Å². The van der Waals surface area contributed by atoms with Gasteiger partial charge in [0.25, 0.3) is 0 Å². The number of nitrogens with zero attached hydrogens (tertiary/aromatic N) is 2. The lowest BCUT2D eigenvalue weighted by Gasteiger charge is -2.14. The monoisotopic (exact) mass is 241 g/mol. The van der Waals surface area contributed by atoms with Crippen LogP contribution in [0.5, 0.6) is 0 Å². The van der Waals surface area contributed by atoms with Crippen molar-refractivity contribution in [1.29, 1.82) is 0 Å². The molecule has 0 aliphatic carbocycles. The van der Waals surface area contributed by atoms with E-state index in [9.17, 15) is 0 Å². The first-order valence-corrected chi connectivity index (χ1v) is 7.36. The number of hydrogen-bond donors (Lipinski definition) is 1. The Kier molecular flexibility index (Phi) is 6.57. The third kappa shape index (κ3) is 5.03. The second-order valence-electron chi connectivity index (χ2n) is 4.22. The Morgan fingerprint density at radius 2 is 2.31 bits per heavy atom. The molecule has 1 aromatic rings. The molecule has 0 saturated carbocycles. The Balaban J connectivity index is 2.28. The summed E-state index contributed by atoms with van der Waals surface area (Å²) < 4.78 is 0. The lowest BCUT2D eigenvalue weighted by Crippen LogP contribution is -2.19. The van der Waals surface area contributed by atoms with Crippen molar-refractivity contribution < 1.29 is 0 Å². The molecule has 3 nitrogen and oxygen atoms in total. The van der Waals surface area contributed by atoms with E-state index in [-0.39, 0.29) is 0 Å². The van der Waals surface area contributed by atoms with E-state index >= 15 is 0 Å². The van der Waals surface area contributed by atoms with Gasteiger partial charge >= 0.3 is 0 Å². The standard InChI is InChI=1S/C12H23N3S/c1-4-6-11-9-12(14-13-11)10-15(2)7-5-8-16-3/h9H,4-8,10H2,1-3H3,(H,13,14). The summed E-state index contributed by atoms with van der Waals surface area (Å²) in [4.78, 5) is 2.35. The Labute approximate surface area is 103 Å². The topological polar surface area (TPSA) is 31.9 Å². The molecule has 0 amide bonds. The molecule has 0 saturated heterocycles. The quantitative estimate of drug-likeness (QED) is 0.710. The molecule has 0 aromatic carbocycles. The van der Waals surface area contributed by atoms with Crippen LogP contribution in [0, 0.1) is 0 Å². The highest BCUT2D eigenvalue weighted by Crippen LogP contribution is 2.06. The molecule has 0 radical (unpaired) electrons. The number of hydrogen-bond acceptors (Lipinski definition) is 3. The maximum Gasteiger partial charge on any atom is 0.0625 e. The smallest absolute Gasteiger partial charge is 0.0625 e. The Morgan fingerprint density at radius 3 is 3.00 bits per heavy atom. The van der Waals surface area contributed by atoms with Gasteiger partial charge < -0.3 is 4.90 Å². The summed E-state index contributed by atoms with van der Waals surface area (Å²) in [5.74, 6) is 1.24. The van der Waals surface area contributed by atoms with Crippen molar-refractivity contribution in [3.63, 3.8) is 0 Å². The molecule has 1 N–H and O–H groups in total. The number of H-pyrrole nitrogens is 1. The molecule has 16 heavy (non-hydrogen) atoms. The number of rotatable bonds is 8. The van der Waals surface area contributed by atoms with Gasteiger partial charge in [0.15, 0.2) is 0 Å². The first-order valence-electron chi connectivity index (χ1n) is 5.97. The fourth-order valence-electron chi connectivity index (χ4n) is 1.72. The highest BCUT2D eigenvalue weighted by Gasteiger charge is 2.03. The molecule has 1 aromatic heterocycles. The Bertz CT molecular complexity index is 286. The van der Waals surface area contributed by atoms with E-state index in [1.807, 2.05) is 11.8 Å². The molecule has 1 heterocycles. The zero-order valence-corrected chi connectivity index (χ0v) is 11.4. The second-order valence-corrected chi connectivity index (χ2v) is 5.20. The van der Waals surface area contributed by atoms with E-state index in [2.05, 4.69) is 41.4 Å². The van der Waals surface area contributed by atoms with Crippen LogP contribution in [0.25, 0.3) is 0 Å². The van der Waals surface area contributed by atoms with Crippen LogP contribution in [0.15, 0.2) is 6.07 Å². The summed E-state index contributed by atoms with van der Waals surface area (Å²) in [6, 6.07) is 2.19. The Hall–Kier alpha value is -0.480. The molecule has 92 valence electrons. The van der Waals surface area contributed by atoms with Gasteiger partial charge in [-0.2, -0.15) is 16.9 Å². The van der Waals surface area contributed by atoms with Crippen LogP contribution in [0.1, 0.15) is 31.2 Å². The minimum atomic E-state index is 0.977. The first-order chi connectivity index (χ1) is 7.76. The van der Waals surface area contributed by atoms with Gasteiger partial charge in [-0.05, 0) is 44.5 Å². The summed E-state index contributed by atoms with van der Waals surface area (Å²) in [7, 11) is 2.17. The third-order valence-electron chi connectivity index (χ3n) is 2.52. The molecular weight excluding hydrogens is 218 g/mol. The molecule has 0 atom stereocenters. The van der Waals surface area contributed by atoms with Crippen LogP contribution >= 0.6 is 11.8 Å². The molecule has 0 bridgehead atoms. The van der Waals surface area contributed by atoms with E-state index in [1.54, 1.807) is 0 Å². The van der Waals surface area contributed by atoms with Gasteiger partial charge in [0.1, 0.15) is 0 Å². The van der Waals surface area contributed by atoms with Gasteiger partial charge in [0, 0.05) is 12.2 Å². The summed E-state index contributed by atoms with van der Waals surface area (Å²) >= 11 is 1.91. The second kappa shape index (κ2) is 7.74. The zero-order valence-electron chi connectivity index (χ0n) is 10.6. The van der Waals surface area contributed by atoms with Crippen LogP contribution < -0.4 is 0 Å². The third-order valence-corrected chi connectivity index (χ3v) is 3.22. The predicted octanol–water partition coefficient (Wildman–Crippen LogP) is 2.55. The molecule has 1 rings (SSSR count). The van der Waals surface area contributed by atoms with Crippen LogP contribution in [0.3, 0.4) is 0 Å². The van der Waals surface area contributed by atoms with Crippen molar-refractivity contribution in [3.8, 4) is 0 Å². The minimum Gasteiger partial charge on any atom is -0.301 e. The molecule has 4 heteroatoms. The maximum atomic E-state index is 4.30. The predicted molar refractivity (Wildman–Crippen MR) is 71.9 cm³/mol. The number of nitrogens with one attached hydrogen (secondary N) is 1. The fourth-order valence-corrected chi connectivity index (χ4v) is 2.14. The van der Waals surface area contributed by atoms with Crippen LogP contribution in [0.4, 0.5) is 0 Å². The van der Waals surface area contributed by atoms with Crippen molar-refractivity contribution in [1.82, 2.24) is 15.1 Å². The summed E-state index contributed by atoms with van der Waals surface area (Å²) in [5, 5.41) is 7.41. The van der Waals surface area contributed by atoms with Gasteiger partial charge in [-0.25, -0.2) is 0 Å². The maximum absolute atomic E-state index is 4.30. The van der Waals surface area contributed by atoms with Crippen molar-refractivity contribution in [2.75, 3.05) is 25.6 Å². The van der Waals surface area contributed by atoms with Gasteiger partial charge in [0.2, 0.25) is 0 Å². The van der Waals surface area contributed by atoms with Crippen LogP contribution in [-0.4, -0.2) is 40.7 Å².